The normalized spacial score (nSPS) is 23.4. The van der Waals surface area contributed by atoms with Gasteiger partial charge >= 0.3 is 10.3 Å². The van der Waals surface area contributed by atoms with Crippen molar-refractivity contribution in [2.45, 2.75) is 71.1 Å². The molecule has 3 N–H and O–H groups in total. The van der Waals surface area contributed by atoms with Crippen LogP contribution < -0.4 is 5.14 Å². The Labute approximate surface area is 200 Å². The predicted octanol–water partition coefficient (Wildman–Crippen LogP) is 4.16. The summed E-state index contributed by atoms with van der Waals surface area (Å²) in [6.45, 7) is 6.20. The van der Waals surface area contributed by atoms with Crippen LogP contribution in [0.4, 0.5) is 4.39 Å². The molecule has 188 valence electrons. The molecule has 1 saturated heterocycles. The molecule has 1 aromatic heterocycles. The maximum absolute atomic E-state index is 14.1. The monoisotopic (exact) mass is 494 g/mol. The summed E-state index contributed by atoms with van der Waals surface area (Å²) in [7, 11) is -4.18. The first-order valence-corrected chi connectivity index (χ1v) is 13.6. The number of fused-ring (bicyclic) bond motifs is 1. The number of piperidine rings is 1. The zero-order valence-corrected chi connectivity index (χ0v) is 20.7. The van der Waals surface area contributed by atoms with E-state index in [1.54, 1.807) is 6.07 Å². The van der Waals surface area contributed by atoms with E-state index in [4.69, 9.17) is 9.32 Å². The molecule has 0 unspecified atom stereocenters. The fourth-order valence-corrected chi connectivity index (χ4v) is 6.19. The second-order valence-electron chi connectivity index (χ2n) is 9.97. The summed E-state index contributed by atoms with van der Waals surface area (Å²) in [5.41, 5.74) is 1.68. The minimum absolute atomic E-state index is 0.0798. The Morgan fingerprint density at radius 2 is 1.85 bits per heavy atom. The number of aromatic nitrogens is 1. The van der Waals surface area contributed by atoms with E-state index in [-0.39, 0.29) is 12.6 Å². The molecular weight excluding hydrogens is 459 g/mol. The highest BCUT2D eigenvalue weighted by atomic mass is 32.2. The van der Waals surface area contributed by atoms with Gasteiger partial charge in [-0.25, -0.2) is 9.53 Å². The van der Waals surface area contributed by atoms with Gasteiger partial charge in [0.15, 0.2) is 0 Å². The predicted molar refractivity (Wildman–Crippen MR) is 130 cm³/mol. The van der Waals surface area contributed by atoms with Crippen LogP contribution in [0.1, 0.15) is 69.7 Å². The van der Waals surface area contributed by atoms with Crippen molar-refractivity contribution < 1.29 is 22.2 Å². The number of benzene rings is 1. The number of rotatable bonds is 7. The Bertz CT molecular complexity index is 1130. The van der Waals surface area contributed by atoms with Gasteiger partial charge in [-0.15, -0.1) is 0 Å². The van der Waals surface area contributed by atoms with Gasteiger partial charge in [0.2, 0.25) is 0 Å². The van der Waals surface area contributed by atoms with Crippen LogP contribution in [0.25, 0.3) is 10.9 Å². The molecule has 0 radical (unpaired) electrons. The minimum Gasteiger partial charge on any atom is -0.411 e. The Hall–Kier alpha value is -2.01. The lowest BCUT2D eigenvalue weighted by atomic mass is 9.79. The number of hydrogen-bond acceptors (Lipinski definition) is 6. The molecule has 1 aliphatic carbocycles. The molecule has 34 heavy (non-hydrogen) atoms. The fourth-order valence-electron chi connectivity index (χ4n) is 5.91. The zero-order valence-electron chi connectivity index (χ0n) is 19.9. The number of nitrogens with zero attached hydrogens (tertiary/aromatic N) is 3. The van der Waals surface area contributed by atoms with Crippen molar-refractivity contribution in [3.8, 4) is 0 Å². The SMILES string of the molecule is CC(C)[C@H]1CC[C@@H](N2CCC(n3c(COS(N)(=O)=O)c(C=NO)c4cc(F)ccc43)CC2)CC1. The molecule has 2 aromatic rings. The topological polar surface area (TPSA) is 110 Å². The van der Waals surface area contributed by atoms with Crippen molar-refractivity contribution in [2.75, 3.05) is 13.1 Å². The third kappa shape index (κ3) is 5.45. The van der Waals surface area contributed by atoms with Crippen molar-refractivity contribution in [1.29, 1.82) is 0 Å². The fraction of sp³-hybridized carbons (Fsp3) is 0.625. The first-order chi connectivity index (χ1) is 16.2. The molecule has 8 nitrogen and oxygen atoms in total. The Morgan fingerprint density at radius 3 is 2.44 bits per heavy atom. The van der Waals surface area contributed by atoms with E-state index in [1.165, 1.54) is 44.0 Å². The molecule has 0 atom stereocenters. The molecule has 0 amide bonds. The van der Waals surface area contributed by atoms with Crippen molar-refractivity contribution in [2.24, 2.45) is 22.1 Å². The molecule has 4 rings (SSSR count). The van der Waals surface area contributed by atoms with Gasteiger partial charge in [0.1, 0.15) is 12.4 Å². The highest BCUT2D eigenvalue weighted by Gasteiger charge is 2.32. The summed E-state index contributed by atoms with van der Waals surface area (Å²) in [5, 5.41) is 18.0. The maximum atomic E-state index is 14.1. The van der Waals surface area contributed by atoms with Gasteiger partial charge < -0.3 is 14.7 Å². The molecule has 2 aliphatic rings. The zero-order chi connectivity index (χ0) is 24.5. The first kappa shape index (κ1) is 25.1. The van der Waals surface area contributed by atoms with Gasteiger partial charge in [0, 0.05) is 41.6 Å². The van der Waals surface area contributed by atoms with E-state index in [2.05, 4.69) is 23.9 Å². The summed E-state index contributed by atoms with van der Waals surface area (Å²) >= 11 is 0. The molecule has 10 heteroatoms. The molecule has 1 aliphatic heterocycles. The summed E-state index contributed by atoms with van der Waals surface area (Å²) in [6, 6.07) is 5.13. The van der Waals surface area contributed by atoms with Crippen LogP contribution in [-0.4, -0.2) is 48.4 Å². The molecule has 2 fully saturated rings. The Balaban J connectivity index is 1.59. The third-order valence-corrected chi connectivity index (χ3v) is 8.17. The second-order valence-corrected chi connectivity index (χ2v) is 11.2. The Kier molecular flexibility index (Phi) is 7.61. The van der Waals surface area contributed by atoms with Gasteiger partial charge in [0.05, 0.1) is 11.9 Å². The van der Waals surface area contributed by atoms with Gasteiger partial charge in [-0.05, 0) is 68.6 Å². The van der Waals surface area contributed by atoms with Crippen LogP contribution in [0.2, 0.25) is 0 Å². The number of nitrogens with two attached hydrogens (primary N) is 1. The third-order valence-electron chi connectivity index (χ3n) is 7.72. The first-order valence-electron chi connectivity index (χ1n) is 12.1. The van der Waals surface area contributed by atoms with Crippen LogP contribution in [-0.2, 0) is 21.1 Å². The number of halogens is 1. The van der Waals surface area contributed by atoms with Gasteiger partial charge in [0.25, 0.3) is 0 Å². The van der Waals surface area contributed by atoms with Crippen molar-refractivity contribution in [3.05, 3.63) is 35.3 Å². The van der Waals surface area contributed by atoms with Crippen molar-refractivity contribution >= 4 is 27.4 Å². The largest absolute Gasteiger partial charge is 0.411 e. The summed E-state index contributed by atoms with van der Waals surface area (Å²) < 4.78 is 44.0. The average Bonchev–Trinajstić information content (AvgIpc) is 3.10. The molecular formula is C24H35FN4O4S. The van der Waals surface area contributed by atoms with Gasteiger partial charge in [-0.3, -0.25) is 4.18 Å². The quantitative estimate of drug-likeness (QED) is 0.341. The van der Waals surface area contributed by atoms with E-state index in [0.29, 0.717) is 22.7 Å². The van der Waals surface area contributed by atoms with Crippen molar-refractivity contribution in [3.63, 3.8) is 0 Å². The lowest BCUT2D eigenvalue weighted by Crippen LogP contribution is -2.44. The van der Waals surface area contributed by atoms with Gasteiger partial charge in [-0.1, -0.05) is 19.0 Å². The number of likely N-dealkylation sites (tertiary alicyclic amines) is 1. The molecule has 0 bridgehead atoms. The van der Waals surface area contributed by atoms with Gasteiger partial charge in [-0.2, -0.15) is 8.42 Å². The molecule has 0 spiro atoms. The standard InChI is InChI=1S/C24H35FN4O4S/c1-16(2)17-3-6-19(7-4-17)28-11-9-20(10-12-28)29-23-8-5-18(25)13-21(23)22(14-27-30)24(29)15-33-34(26,31)32/h5,8,13-14,16-17,19-20,30H,3-4,6-7,9-12,15H2,1-2H3,(H2,26,31,32)/t17-,19+. The molecule has 1 saturated carbocycles. The molecule has 2 heterocycles. The van der Waals surface area contributed by atoms with E-state index < -0.39 is 16.1 Å². The van der Waals surface area contributed by atoms with Crippen LogP contribution in [0.15, 0.2) is 23.4 Å². The summed E-state index contributed by atoms with van der Waals surface area (Å²) in [4.78, 5) is 2.59. The average molecular weight is 495 g/mol. The van der Waals surface area contributed by atoms with Crippen LogP contribution >= 0.6 is 0 Å². The summed E-state index contributed by atoms with van der Waals surface area (Å²) in [6.07, 6.45) is 8.01. The lowest BCUT2D eigenvalue weighted by Gasteiger charge is -2.42. The maximum Gasteiger partial charge on any atom is 0.333 e. The van der Waals surface area contributed by atoms with Crippen LogP contribution in [0.5, 0.6) is 0 Å². The van der Waals surface area contributed by atoms with E-state index in [9.17, 15) is 18.0 Å². The van der Waals surface area contributed by atoms with Crippen LogP contribution in [0.3, 0.4) is 0 Å². The number of oxime groups is 1. The van der Waals surface area contributed by atoms with Crippen molar-refractivity contribution in [1.82, 2.24) is 9.47 Å². The molecule has 1 aromatic carbocycles. The van der Waals surface area contributed by atoms with E-state index in [0.717, 1.165) is 43.3 Å². The smallest absolute Gasteiger partial charge is 0.333 e. The van der Waals surface area contributed by atoms with E-state index >= 15 is 0 Å². The highest BCUT2D eigenvalue weighted by Crippen LogP contribution is 2.37. The highest BCUT2D eigenvalue weighted by molar-refractivity contribution is 7.84. The Morgan fingerprint density at radius 1 is 1.18 bits per heavy atom. The lowest BCUT2D eigenvalue weighted by molar-refractivity contribution is 0.0884. The summed E-state index contributed by atoms with van der Waals surface area (Å²) in [5.74, 6) is 1.14. The minimum atomic E-state index is -4.18. The van der Waals surface area contributed by atoms with E-state index in [1.807, 2.05) is 4.57 Å². The number of hydrogen-bond donors (Lipinski definition) is 2. The second kappa shape index (κ2) is 10.3. The van der Waals surface area contributed by atoms with Crippen LogP contribution in [0, 0.1) is 17.7 Å².